The van der Waals surface area contributed by atoms with E-state index in [-0.39, 0.29) is 0 Å². The minimum atomic E-state index is 0.375. The number of hydrogen-bond acceptors (Lipinski definition) is 2. The lowest BCUT2D eigenvalue weighted by Crippen LogP contribution is -2.21. The van der Waals surface area contributed by atoms with Gasteiger partial charge in [-0.2, -0.15) is 0 Å². The largest absolute Gasteiger partial charge is 0.423 e. The molecule has 0 saturated heterocycles. The maximum absolute atomic E-state index is 5.74. The van der Waals surface area contributed by atoms with Gasteiger partial charge in [-0.1, -0.05) is 24.4 Å². The molecule has 2 heterocycles. The normalized spacial score (nSPS) is 14.0. The van der Waals surface area contributed by atoms with E-state index in [1.165, 1.54) is 0 Å². The molecule has 1 N–H and O–H groups in total. The van der Waals surface area contributed by atoms with Crippen molar-refractivity contribution in [2.75, 3.05) is 5.23 Å². The Hall–Kier alpha value is -0.955. The molecule has 0 amide bonds. The van der Waals surface area contributed by atoms with Crippen molar-refractivity contribution in [1.29, 1.82) is 0 Å². The van der Waals surface area contributed by atoms with Gasteiger partial charge in [0.25, 0.3) is 6.85 Å². The van der Waals surface area contributed by atoms with E-state index in [9.17, 15) is 0 Å². The number of aromatic nitrogens is 1. The number of pyridine rings is 1. The lowest BCUT2D eigenvalue weighted by molar-refractivity contribution is 1.29. The Morgan fingerprint density at radius 2 is 2.33 bits per heavy atom. The molecular formula is C8H8BClN2. The summed E-state index contributed by atoms with van der Waals surface area (Å²) in [5.41, 5.74) is 1.97. The van der Waals surface area contributed by atoms with Crippen LogP contribution in [0.2, 0.25) is 12.0 Å². The number of nitrogens with zero attached hydrogens (tertiary/aromatic N) is 1. The van der Waals surface area contributed by atoms with Crippen molar-refractivity contribution in [3.63, 3.8) is 0 Å². The van der Waals surface area contributed by atoms with Crippen molar-refractivity contribution < 1.29 is 0 Å². The van der Waals surface area contributed by atoms with E-state index in [2.05, 4.69) is 23.0 Å². The van der Waals surface area contributed by atoms with Crippen molar-refractivity contribution in [3.05, 3.63) is 29.0 Å². The maximum Gasteiger partial charge on any atom is 0.275 e. The first-order chi connectivity index (χ1) is 5.75. The van der Waals surface area contributed by atoms with Crippen molar-refractivity contribution in [2.45, 2.75) is 6.82 Å². The molecule has 4 heteroatoms. The summed E-state index contributed by atoms with van der Waals surface area (Å²) in [7, 11) is 0. The van der Waals surface area contributed by atoms with Gasteiger partial charge in [0.2, 0.25) is 0 Å². The summed E-state index contributed by atoms with van der Waals surface area (Å²) in [6, 6.07) is 3.74. The fourth-order valence-electron chi connectivity index (χ4n) is 1.23. The highest BCUT2D eigenvalue weighted by Gasteiger charge is 2.12. The summed E-state index contributed by atoms with van der Waals surface area (Å²) in [5.74, 6) is 2.06. The summed E-state index contributed by atoms with van der Waals surface area (Å²) in [5, 5.41) is 3.82. The third-order valence-electron chi connectivity index (χ3n) is 1.82. The third kappa shape index (κ3) is 1.32. The highest BCUT2D eigenvalue weighted by Crippen LogP contribution is 2.21. The second kappa shape index (κ2) is 2.83. The summed E-state index contributed by atoms with van der Waals surface area (Å²) in [6.45, 7) is 2.47. The van der Waals surface area contributed by atoms with Crippen LogP contribution in [-0.4, -0.2) is 11.8 Å². The van der Waals surface area contributed by atoms with Crippen molar-refractivity contribution in [2.24, 2.45) is 0 Å². The number of halogens is 1. The minimum absolute atomic E-state index is 0.375. The van der Waals surface area contributed by atoms with Crippen LogP contribution in [0.25, 0.3) is 6.08 Å². The fraction of sp³-hybridized carbons (Fsp3) is 0.125. The smallest absolute Gasteiger partial charge is 0.275 e. The Bertz CT molecular complexity index is 338. The number of nitrogens with one attached hydrogen (secondary N) is 1. The van der Waals surface area contributed by atoms with Crippen LogP contribution < -0.4 is 5.23 Å². The van der Waals surface area contributed by atoms with Gasteiger partial charge in [-0.05, 0) is 18.2 Å². The second-order valence-electron chi connectivity index (χ2n) is 2.86. The van der Waals surface area contributed by atoms with Crippen molar-refractivity contribution in [1.82, 2.24) is 4.98 Å². The molecule has 2 nitrogen and oxygen atoms in total. The highest BCUT2D eigenvalue weighted by atomic mass is 35.5. The maximum atomic E-state index is 5.74. The molecule has 0 atom stereocenters. The van der Waals surface area contributed by atoms with E-state index in [0.717, 1.165) is 11.4 Å². The number of rotatable bonds is 0. The van der Waals surface area contributed by atoms with Crippen LogP contribution in [-0.2, 0) is 0 Å². The predicted molar refractivity (Wildman–Crippen MR) is 53.5 cm³/mol. The second-order valence-corrected chi connectivity index (χ2v) is 3.25. The van der Waals surface area contributed by atoms with Gasteiger partial charge in [0, 0.05) is 5.69 Å². The Morgan fingerprint density at radius 3 is 3.17 bits per heavy atom. The molecule has 2 rings (SSSR count). The van der Waals surface area contributed by atoms with Crippen LogP contribution in [0.5, 0.6) is 0 Å². The summed E-state index contributed by atoms with van der Waals surface area (Å²) in [4.78, 5) is 4.16. The molecule has 0 unspecified atom stereocenters. The van der Waals surface area contributed by atoms with Crippen LogP contribution in [0.3, 0.4) is 0 Å². The summed E-state index contributed by atoms with van der Waals surface area (Å²) in [6.07, 6.45) is 1.99. The van der Waals surface area contributed by atoms with Crippen LogP contribution in [0.1, 0.15) is 5.69 Å². The molecule has 0 radical (unpaired) electrons. The highest BCUT2D eigenvalue weighted by molar-refractivity contribution is 6.67. The fourth-order valence-corrected chi connectivity index (χ4v) is 1.38. The number of anilines is 1. The topological polar surface area (TPSA) is 24.9 Å². The van der Waals surface area contributed by atoms with E-state index in [1.54, 1.807) is 6.07 Å². The third-order valence-corrected chi connectivity index (χ3v) is 2.03. The van der Waals surface area contributed by atoms with Gasteiger partial charge < -0.3 is 5.23 Å². The molecule has 1 aromatic heterocycles. The first-order valence-electron chi connectivity index (χ1n) is 3.87. The zero-order valence-electron chi connectivity index (χ0n) is 6.71. The zero-order valence-corrected chi connectivity index (χ0v) is 7.47. The monoisotopic (exact) mass is 178 g/mol. The van der Waals surface area contributed by atoms with Gasteiger partial charge in [-0.3, -0.25) is 0 Å². The van der Waals surface area contributed by atoms with Gasteiger partial charge in [0.05, 0.1) is 5.69 Å². The van der Waals surface area contributed by atoms with Crippen LogP contribution in [0.4, 0.5) is 5.69 Å². The molecule has 0 aliphatic carbocycles. The van der Waals surface area contributed by atoms with Gasteiger partial charge in [0.1, 0.15) is 5.15 Å². The molecule has 0 aromatic carbocycles. The van der Waals surface area contributed by atoms with Gasteiger partial charge in [0.15, 0.2) is 0 Å². The Morgan fingerprint density at radius 1 is 1.50 bits per heavy atom. The lowest BCUT2D eigenvalue weighted by atomic mass is 9.63. The molecule has 0 spiro atoms. The number of hydrogen-bond donors (Lipinski definition) is 1. The summed E-state index contributed by atoms with van der Waals surface area (Å²) < 4.78 is 0. The SMILES string of the molecule is CB1C=Cc2nc(Cl)ccc2N1. The minimum Gasteiger partial charge on any atom is -0.423 e. The molecule has 0 bridgehead atoms. The Kier molecular flexibility index (Phi) is 1.81. The van der Waals surface area contributed by atoms with Gasteiger partial charge in [-0.15, -0.1) is 0 Å². The van der Waals surface area contributed by atoms with E-state index in [4.69, 9.17) is 11.6 Å². The van der Waals surface area contributed by atoms with Crippen molar-refractivity contribution >= 4 is 30.2 Å². The quantitative estimate of drug-likeness (QED) is 0.487. The average molecular weight is 178 g/mol. The molecule has 60 valence electrons. The van der Waals surface area contributed by atoms with Gasteiger partial charge >= 0.3 is 0 Å². The van der Waals surface area contributed by atoms with Gasteiger partial charge in [-0.25, -0.2) is 4.98 Å². The number of fused-ring (bicyclic) bond motifs is 1. The van der Waals surface area contributed by atoms with E-state index >= 15 is 0 Å². The molecule has 0 saturated carbocycles. The van der Waals surface area contributed by atoms with Crippen LogP contribution in [0, 0.1) is 0 Å². The molecule has 0 fully saturated rings. The Balaban J connectivity index is 2.47. The standard InChI is InChI=1S/C8H8BClN2/c1-9-5-4-6-7(12-9)2-3-8(10)11-6/h2-5,12H,1H3. The molecule has 1 aromatic rings. The summed E-state index contributed by atoms with van der Waals surface area (Å²) >= 11 is 5.74. The molecule has 12 heavy (non-hydrogen) atoms. The molecule has 1 aliphatic rings. The molecule has 1 aliphatic heterocycles. The van der Waals surface area contributed by atoms with E-state index in [0.29, 0.717) is 12.0 Å². The Labute approximate surface area is 76.7 Å². The van der Waals surface area contributed by atoms with Crippen LogP contribution >= 0.6 is 11.6 Å². The van der Waals surface area contributed by atoms with Crippen molar-refractivity contribution in [3.8, 4) is 0 Å². The van der Waals surface area contributed by atoms with Crippen LogP contribution in [0.15, 0.2) is 18.1 Å². The van der Waals surface area contributed by atoms with E-state index < -0.39 is 0 Å². The molecular weight excluding hydrogens is 170 g/mol. The predicted octanol–water partition coefficient (Wildman–Crippen LogP) is 2.33. The average Bonchev–Trinajstić information content (AvgIpc) is 2.05. The van der Waals surface area contributed by atoms with E-state index in [1.807, 2.05) is 12.1 Å². The lowest BCUT2D eigenvalue weighted by Gasteiger charge is -2.15. The first-order valence-corrected chi connectivity index (χ1v) is 4.25. The first kappa shape index (κ1) is 7.68. The zero-order chi connectivity index (χ0) is 8.55.